The van der Waals surface area contributed by atoms with E-state index in [1.165, 1.54) is 0 Å². The summed E-state index contributed by atoms with van der Waals surface area (Å²) in [6.45, 7) is 0. The molecule has 0 saturated heterocycles. The number of fused-ring (bicyclic) bond motifs is 2. The van der Waals surface area contributed by atoms with Gasteiger partial charge in [-0.25, -0.2) is 14.6 Å². The molecule has 2 heterocycles. The molecule has 0 radical (unpaired) electrons. The zero-order valence-corrected chi connectivity index (χ0v) is 14.9. The van der Waals surface area contributed by atoms with Gasteiger partial charge in [-0.05, 0) is 25.3 Å². The largest absolute Gasteiger partial charge is 0.478 e. The summed E-state index contributed by atoms with van der Waals surface area (Å²) in [5, 5.41) is 16.6. The van der Waals surface area contributed by atoms with Crippen molar-refractivity contribution in [2.24, 2.45) is 5.92 Å². The number of carbonyl (C=O) groups is 3. The van der Waals surface area contributed by atoms with Gasteiger partial charge in [-0.1, -0.05) is 18.2 Å². The molecule has 4 rings (SSSR count). The number of nitrogens with one attached hydrogen (secondary N) is 2. The highest BCUT2D eigenvalue weighted by Gasteiger charge is 2.28. The molecule has 0 bridgehead atoms. The molecule has 0 spiro atoms. The van der Waals surface area contributed by atoms with Crippen molar-refractivity contribution in [2.45, 2.75) is 19.3 Å². The standard InChI is InChI=1S/C16H15N3O.C4H4O4/c20-16(10-5-6-14-15(7-10)19-9-18-14)12-8-17-13-4-2-1-3-11(12)13;5-3(6)1-2-4(7)8/h1-4,8-10,17H,5-7H2,(H,18,19);1-2H,(H,5,6)(H,7,8). The summed E-state index contributed by atoms with van der Waals surface area (Å²) in [4.78, 5) is 42.5. The Bertz CT molecular complexity index is 1030. The van der Waals surface area contributed by atoms with E-state index in [9.17, 15) is 14.4 Å². The summed E-state index contributed by atoms with van der Waals surface area (Å²) in [5.74, 6) is -2.22. The zero-order chi connectivity index (χ0) is 20.1. The summed E-state index contributed by atoms with van der Waals surface area (Å²) < 4.78 is 0. The first-order chi connectivity index (χ1) is 13.5. The van der Waals surface area contributed by atoms with E-state index in [2.05, 4.69) is 15.0 Å². The third kappa shape index (κ3) is 4.35. The number of carboxylic acids is 2. The van der Waals surface area contributed by atoms with Crippen molar-refractivity contribution in [2.75, 3.05) is 0 Å². The van der Waals surface area contributed by atoms with Gasteiger partial charge in [0.25, 0.3) is 0 Å². The Morgan fingerprint density at radius 1 is 1.07 bits per heavy atom. The van der Waals surface area contributed by atoms with E-state index in [0.29, 0.717) is 12.2 Å². The molecule has 1 atom stereocenters. The molecule has 0 fully saturated rings. The highest BCUT2D eigenvalue weighted by Crippen LogP contribution is 2.28. The van der Waals surface area contributed by atoms with Crippen molar-refractivity contribution in [3.63, 3.8) is 0 Å². The number of aromatic nitrogens is 3. The van der Waals surface area contributed by atoms with Crippen LogP contribution >= 0.6 is 0 Å². The lowest BCUT2D eigenvalue weighted by Crippen LogP contribution is -2.22. The number of aromatic amines is 2. The number of benzene rings is 1. The van der Waals surface area contributed by atoms with Crippen LogP contribution in [0.5, 0.6) is 0 Å². The summed E-state index contributed by atoms with van der Waals surface area (Å²) in [7, 11) is 0. The Balaban J connectivity index is 0.000000242. The van der Waals surface area contributed by atoms with Gasteiger partial charge in [0.1, 0.15) is 0 Å². The summed E-state index contributed by atoms with van der Waals surface area (Å²) in [6, 6.07) is 7.95. The van der Waals surface area contributed by atoms with Crippen molar-refractivity contribution < 1.29 is 24.6 Å². The molecule has 0 amide bonds. The van der Waals surface area contributed by atoms with Gasteiger partial charge in [0.15, 0.2) is 5.78 Å². The number of aliphatic carboxylic acids is 2. The zero-order valence-electron chi connectivity index (χ0n) is 14.9. The predicted molar refractivity (Wildman–Crippen MR) is 101 cm³/mol. The molecule has 0 saturated carbocycles. The lowest BCUT2D eigenvalue weighted by molar-refractivity contribution is -0.134. The number of para-hydroxylation sites is 1. The maximum atomic E-state index is 12.8. The van der Waals surface area contributed by atoms with E-state index >= 15 is 0 Å². The number of nitrogens with zero attached hydrogens (tertiary/aromatic N) is 1. The molecule has 0 aliphatic heterocycles. The maximum Gasteiger partial charge on any atom is 0.328 e. The quantitative estimate of drug-likeness (QED) is 0.405. The Morgan fingerprint density at radius 3 is 2.50 bits per heavy atom. The van der Waals surface area contributed by atoms with Crippen LogP contribution in [-0.4, -0.2) is 42.9 Å². The lowest BCUT2D eigenvalue weighted by Gasteiger charge is -2.19. The fourth-order valence-corrected chi connectivity index (χ4v) is 3.26. The molecule has 3 aromatic rings. The van der Waals surface area contributed by atoms with Crippen LogP contribution in [-0.2, 0) is 22.4 Å². The summed E-state index contributed by atoms with van der Waals surface area (Å²) in [5.41, 5.74) is 4.07. The molecule has 1 aromatic carbocycles. The van der Waals surface area contributed by atoms with E-state index < -0.39 is 11.9 Å². The minimum absolute atomic E-state index is 0.0576. The number of Topliss-reactive ketones (excluding diaryl/α,β-unsaturated/α-hetero) is 1. The van der Waals surface area contributed by atoms with Gasteiger partial charge in [-0.2, -0.15) is 0 Å². The van der Waals surface area contributed by atoms with Crippen LogP contribution < -0.4 is 0 Å². The average molecular weight is 381 g/mol. The third-order valence-corrected chi connectivity index (χ3v) is 4.58. The number of ketones is 1. The van der Waals surface area contributed by atoms with E-state index in [1.807, 2.05) is 30.5 Å². The van der Waals surface area contributed by atoms with Crippen molar-refractivity contribution in [3.8, 4) is 0 Å². The minimum atomic E-state index is -1.26. The first kappa shape index (κ1) is 19.1. The number of rotatable bonds is 4. The van der Waals surface area contributed by atoms with Crippen LogP contribution in [0.1, 0.15) is 28.2 Å². The molecule has 1 aliphatic rings. The van der Waals surface area contributed by atoms with Crippen LogP contribution in [0.25, 0.3) is 10.9 Å². The van der Waals surface area contributed by atoms with Gasteiger partial charge >= 0.3 is 11.9 Å². The number of carboxylic acid groups (broad SMARTS) is 2. The summed E-state index contributed by atoms with van der Waals surface area (Å²) in [6.07, 6.45) is 7.23. The first-order valence-corrected chi connectivity index (χ1v) is 8.71. The molecule has 144 valence electrons. The molecule has 2 aromatic heterocycles. The van der Waals surface area contributed by atoms with Crippen LogP contribution in [0.2, 0.25) is 0 Å². The van der Waals surface area contributed by atoms with Crippen LogP contribution in [0, 0.1) is 5.92 Å². The fraction of sp³-hybridized carbons (Fsp3) is 0.200. The number of aryl methyl sites for hydroxylation is 1. The number of carbonyl (C=O) groups excluding carboxylic acids is 1. The molecule has 1 aliphatic carbocycles. The van der Waals surface area contributed by atoms with E-state index in [4.69, 9.17) is 10.2 Å². The molecule has 8 heteroatoms. The van der Waals surface area contributed by atoms with Crippen molar-refractivity contribution >= 4 is 28.6 Å². The van der Waals surface area contributed by atoms with Gasteiger partial charge in [-0.3, -0.25) is 4.79 Å². The predicted octanol–water partition coefficient (Wildman–Crippen LogP) is 2.59. The summed E-state index contributed by atoms with van der Waals surface area (Å²) >= 11 is 0. The van der Waals surface area contributed by atoms with Gasteiger partial charge in [0, 0.05) is 46.4 Å². The fourth-order valence-electron chi connectivity index (χ4n) is 3.26. The van der Waals surface area contributed by atoms with Gasteiger partial charge in [-0.15, -0.1) is 0 Å². The molecular formula is C20H19N3O5. The Labute approximate surface area is 159 Å². The maximum absolute atomic E-state index is 12.8. The topological polar surface area (TPSA) is 136 Å². The van der Waals surface area contributed by atoms with Crippen LogP contribution in [0.15, 0.2) is 48.9 Å². The second kappa shape index (κ2) is 8.34. The molecule has 1 unspecified atom stereocenters. The number of hydrogen-bond donors (Lipinski definition) is 4. The average Bonchev–Trinajstić information content (AvgIpc) is 3.32. The Kier molecular flexibility index (Phi) is 5.69. The van der Waals surface area contributed by atoms with E-state index in [1.54, 1.807) is 6.33 Å². The van der Waals surface area contributed by atoms with Gasteiger partial charge in [0.2, 0.25) is 0 Å². The number of H-pyrrole nitrogens is 2. The number of imidazole rings is 1. The second-order valence-electron chi connectivity index (χ2n) is 6.39. The highest BCUT2D eigenvalue weighted by atomic mass is 16.4. The van der Waals surface area contributed by atoms with E-state index in [0.717, 1.165) is 47.1 Å². The van der Waals surface area contributed by atoms with Gasteiger partial charge < -0.3 is 20.2 Å². The highest BCUT2D eigenvalue weighted by molar-refractivity contribution is 6.09. The minimum Gasteiger partial charge on any atom is -0.478 e. The molecule has 28 heavy (non-hydrogen) atoms. The third-order valence-electron chi connectivity index (χ3n) is 4.58. The normalized spacial score (nSPS) is 15.6. The molecule has 8 nitrogen and oxygen atoms in total. The van der Waals surface area contributed by atoms with Gasteiger partial charge in [0.05, 0.1) is 12.0 Å². The molecule has 4 N–H and O–H groups in total. The van der Waals surface area contributed by atoms with E-state index in [-0.39, 0.29) is 11.7 Å². The lowest BCUT2D eigenvalue weighted by atomic mass is 9.84. The monoisotopic (exact) mass is 381 g/mol. The molecular weight excluding hydrogens is 362 g/mol. The van der Waals surface area contributed by atoms with Crippen LogP contribution in [0.3, 0.4) is 0 Å². The Morgan fingerprint density at radius 2 is 1.79 bits per heavy atom. The van der Waals surface area contributed by atoms with Crippen molar-refractivity contribution in [3.05, 3.63) is 65.9 Å². The smallest absolute Gasteiger partial charge is 0.328 e. The SMILES string of the molecule is O=C(O)C=CC(=O)O.O=C(c1c[nH]c2ccccc12)C1CCc2nc[nH]c2C1. The first-order valence-electron chi connectivity index (χ1n) is 8.71. The second-order valence-corrected chi connectivity index (χ2v) is 6.39. The van der Waals surface area contributed by atoms with Crippen molar-refractivity contribution in [1.29, 1.82) is 0 Å². The van der Waals surface area contributed by atoms with Crippen molar-refractivity contribution in [1.82, 2.24) is 15.0 Å². The Hall–Kier alpha value is -3.68. The van der Waals surface area contributed by atoms with Crippen LogP contribution in [0.4, 0.5) is 0 Å². The number of hydrogen-bond acceptors (Lipinski definition) is 4.